The second-order valence-corrected chi connectivity index (χ2v) is 9.67. The minimum Gasteiger partial charge on any atom is -0.287 e. The van der Waals surface area contributed by atoms with Crippen LogP contribution in [0.1, 0.15) is 44.5 Å². The zero-order chi connectivity index (χ0) is 25.3. The summed E-state index contributed by atoms with van der Waals surface area (Å²) >= 11 is 0. The van der Waals surface area contributed by atoms with Gasteiger partial charge in [-0.2, -0.15) is 0 Å². The number of aryl methyl sites for hydroxylation is 4. The molecular formula is C34H36N2. The molecule has 0 aromatic heterocycles. The van der Waals surface area contributed by atoms with Crippen molar-refractivity contribution in [3.05, 3.63) is 142 Å². The van der Waals surface area contributed by atoms with E-state index in [-0.39, 0.29) is 12.1 Å². The van der Waals surface area contributed by atoms with Gasteiger partial charge in [0.1, 0.15) is 0 Å². The van der Waals surface area contributed by atoms with E-state index >= 15 is 0 Å². The predicted octanol–water partition coefficient (Wildman–Crippen LogP) is 7.68. The van der Waals surface area contributed by atoms with Gasteiger partial charge in [-0.25, -0.2) is 0 Å². The largest absolute Gasteiger partial charge is 0.287 e. The van der Waals surface area contributed by atoms with Gasteiger partial charge in [0.05, 0.1) is 12.1 Å². The molecule has 2 atom stereocenters. The Kier molecular flexibility index (Phi) is 8.62. The molecule has 0 saturated heterocycles. The van der Waals surface area contributed by atoms with E-state index in [0.717, 1.165) is 24.0 Å². The zero-order valence-electron chi connectivity index (χ0n) is 21.9. The maximum atomic E-state index is 5.21. The van der Waals surface area contributed by atoms with E-state index < -0.39 is 0 Å². The minimum atomic E-state index is 0.00517. The predicted molar refractivity (Wildman–Crippen MR) is 155 cm³/mol. The smallest absolute Gasteiger partial charge is 0.0766 e. The molecule has 0 N–H and O–H groups in total. The summed E-state index contributed by atoms with van der Waals surface area (Å²) in [6, 6.07) is 34.1. The molecule has 36 heavy (non-hydrogen) atoms. The molecule has 2 nitrogen and oxygen atoms in total. The van der Waals surface area contributed by atoms with Crippen molar-refractivity contribution in [3.63, 3.8) is 0 Å². The van der Waals surface area contributed by atoms with Gasteiger partial charge in [-0.15, -0.1) is 0 Å². The standard InChI is InChI=1S/C34H36N2/c1-25-13-5-9-17-29(25)21-33(35-23-31-19-11-7-15-27(31)3)34(22-30-18-10-6-14-26(30)2)36-24-32-20-12-8-16-28(32)4/h5-20,23-24,33-34H,21-22H2,1-4H3/b35-23+,36-24+. The number of aliphatic imine (C=N–C) groups is 2. The fourth-order valence-corrected chi connectivity index (χ4v) is 4.52. The van der Waals surface area contributed by atoms with Crippen LogP contribution in [0.5, 0.6) is 0 Å². The lowest BCUT2D eigenvalue weighted by atomic mass is 9.91. The van der Waals surface area contributed by atoms with Crippen LogP contribution >= 0.6 is 0 Å². The van der Waals surface area contributed by atoms with Crippen LogP contribution < -0.4 is 0 Å². The second kappa shape index (κ2) is 12.3. The first kappa shape index (κ1) is 25.3. The number of benzene rings is 4. The first-order chi connectivity index (χ1) is 17.5. The molecule has 0 radical (unpaired) electrons. The molecule has 4 aromatic rings. The Morgan fingerprint density at radius 2 is 0.806 bits per heavy atom. The second-order valence-electron chi connectivity index (χ2n) is 9.67. The fourth-order valence-electron chi connectivity index (χ4n) is 4.52. The van der Waals surface area contributed by atoms with Crippen molar-refractivity contribution >= 4 is 12.4 Å². The Balaban J connectivity index is 1.75. The third-order valence-corrected chi connectivity index (χ3v) is 7.01. The van der Waals surface area contributed by atoms with Gasteiger partial charge in [0, 0.05) is 12.4 Å². The maximum absolute atomic E-state index is 5.21. The van der Waals surface area contributed by atoms with Crippen molar-refractivity contribution in [2.45, 2.75) is 52.6 Å². The van der Waals surface area contributed by atoms with Crippen LogP contribution in [0.2, 0.25) is 0 Å². The molecule has 0 heterocycles. The Hall–Kier alpha value is -3.78. The SMILES string of the molecule is Cc1ccccc1/C=N/C(Cc1ccccc1C)C(Cc1ccccc1C)/N=C/c1ccccc1C. The summed E-state index contributed by atoms with van der Waals surface area (Å²) < 4.78 is 0. The molecular weight excluding hydrogens is 436 g/mol. The quantitative estimate of drug-likeness (QED) is 0.223. The summed E-state index contributed by atoms with van der Waals surface area (Å²) in [6.45, 7) is 8.65. The van der Waals surface area contributed by atoms with Crippen molar-refractivity contribution in [2.75, 3.05) is 0 Å². The van der Waals surface area contributed by atoms with Crippen LogP contribution in [0.3, 0.4) is 0 Å². The molecule has 4 aromatic carbocycles. The van der Waals surface area contributed by atoms with Crippen molar-refractivity contribution < 1.29 is 0 Å². The van der Waals surface area contributed by atoms with Gasteiger partial charge >= 0.3 is 0 Å². The average molecular weight is 473 g/mol. The van der Waals surface area contributed by atoms with Crippen LogP contribution in [0, 0.1) is 27.7 Å². The van der Waals surface area contributed by atoms with Crippen molar-refractivity contribution in [1.29, 1.82) is 0 Å². The third kappa shape index (κ3) is 6.66. The van der Waals surface area contributed by atoms with E-state index in [1.165, 1.54) is 33.4 Å². The molecule has 0 aliphatic carbocycles. The van der Waals surface area contributed by atoms with E-state index in [4.69, 9.17) is 9.98 Å². The number of hydrogen-bond acceptors (Lipinski definition) is 2. The van der Waals surface area contributed by atoms with E-state index in [2.05, 4.69) is 125 Å². The highest BCUT2D eigenvalue weighted by atomic mass is 14.9. The Bertz CT molecular complexity index is 1240. The molecule has 4 rings (SSSR count). The third-order valence-electron chi connectivity index (χ3n) is 7.01. The van der Waals surface area contributed by atoms with E-state index in [0.29, 0.717) is 0 Å². The molecule has 0 amide bonds. The van der Waals surface area contributed by atoms with Gasteiger partial charge in [0.25, 0.3) is 0 Å². The van der Waals surface area contributed by atoms with Crippen LogP contribution in [0.15, 0.2) is 107 Å². The van der Waals surface area contributed by atoms with Crippen molar-refractivity contribution in [2.24, 2.45) is 9.98 Å². The van der Waals surface area contributed by atoms with E-state index in [1.807, 2.05) is 12.4 Å². The minimum absolute atomic E-state index is 0.00517. The maximum Gasteiger partial charge on any atom is 0.0766 e. The van der Waals surface area contributed by atoms with Gasteiger partial charge in [-0.1, -0.05) is 97.1 Å². The summed E-state index contributed by atoms with van der Waals surface area (Å²) in [5.41, 5.74) is 10.0. The molecule has 0 bridgehead atoms. The van der Waals surface area contributed by atoms with Crippen molar-refractivity contribution in [3.8, 4) is 0 Å². The van der Waals surface area contributed by atoms with Crippen LogP contribution in [-0.2, 0) is 12.8 Å². The summed E-state index contributed by atoms with van der Waals surface area (Å²) in [5.74, 6) is 0. The van der Waals surface area contributed by atoms with E-state index in [1.54, 1.807) is 0 Å². The van der Waals surface area contributed by atoms with Crippen LogP contribution in [0.25, 0.3) is 0 Å². The number of nitrogens with zero attached hydrogens (tertiary/aromatic N) is 2. The highest BCUT2D eigenvalue weighted by molar-refractivity contribution is 5.82. The highest BCUT2D eigenvalue weighted by Crippen LogP contribution is 2.21. The lowest BCUT2D eigenvalue weighted by molar-refractivity contribution is 0.525. The van der Waals surface area contributed by atoms with Crippen molar-refractivity contribution in [1.82, 2.24) is 0 Å². The molecule has 0 aliphatic rings. The molecule has 0 spiro atoms. The number of hydrogen-bond donors (Lipinski definition) is 0. The summed E-state index contributed by atoms with van der Waals surface area (Å²) in [6.07, 6.45) is 5.78. The Morgan fingerprint density at radius 3 is 1.17 bits per heavy atom. The Labute approximate surface area is 216 Å². The summed E-state index contributed by atoms with van der Waals surface area (Å²) in [5, 5.41) is 0. The van der Waals surface area contributed by atoms with E-state index in [9.17, 15) is 0 Å². The molecule has 0 fully saturated rings. The van der Waals surface area contributed by atoms with Crippen LogP contribution in [-0.4, -0.2) is 24.5 Å². The van der Waals surface area contributed by atoms with Gasteiger partial charge < -0.3 is 0 Å². The Morgan fingerprint density at radius 1 is 0.472 bits per heavy atom. The first-order valence-corrected chi connectivity index (χ1v) is 12.8. The van der Waals surface area contributed by atoms with Gasteiger partial charge in [-0.3, -0.25) is 9.98 Å². The molecule has 2 heteroatoms. The molecule has 2 unspecified atom stereocenters. The summed E-state index contributed by atoms with van der Waals surface area (Å²) in [7, 11) is 0. The topological polar surface area (TPSA) is 24.7 Å². The zero-order valence-corrected chi connectivity index (χ0v) is 21.9. The van der Waals surface area contributed by atoms with Gasteiger partial charge in [0.2, 0.25) is 0 Å². The lowest BCUT2D eigenvalue weighted by Crippen LogP contribution is -2.28. The lowest BCUT2D eigenvalue weighted by Gasteiger charge is -2.23. The summed E-state index contributed by atoms with van der Waals surface area (Å²) in [4.78, 5) is 10.4. The first-order valence-electron chi connectivity index (χ1n) is 12.8. The molecule has 0 aliphatic heterocycles. The van der Waals surface area contributed by atoms with Gasteiger partial charge in [-0.05, 0) is 85.0 Å². The average Bonchev–Trinajstić information content (AvgIpc) is 2.88. The fraction of sp³-hybridized carbons (Fsp3) is 0.235. The molecule has 0 saturated carbocycles. The van der Waals surface area contributed by atoms with Crippen LogP contribution in [0.4, 0.5) is 0 Å². The highest BCUT2D eigenvalue weighted by Gasteiger charge is 2.22. The monoisotopic (exact) mass is 472 g/mol. The normalized spacial score (nSPS) is 13.3. The number of rotatable bonds is 9. The molecule has 182 valence electrons. The van der Waals surface area contributed by atoms with Gasteiger partial charge in [0.15, 0.2) is 0 Å².